The van der Waals surface area contributed by atoms with Gasteiger partial charge in [0.2, 0.25) is 5.78 Å². The fourth-order valence-electron chi connectivity index (χ4n) is 2.07. The van der Waals surface area contributed by atoms with E-state index in [2.05, 4.69) is 11.1 Å². The number of nitrogens with two attached hydrogens (primary N) is 1. The van der Waals surface area contributed by atoms with Gasteiger partial charge in [0.1, 0.15) is 0 Å². The van der Waals surface area contributed by atoms with Crippen LogP contribution in [0, 0.1) is 11.3 Å². The first-order valence-corrected chi connectivity index (χ1v) is 5.31. The molecular formula is C12H11N5. The van der Waals surface area contributed by atoms with Crippen molar-refractivity contribution in [1.82, 2.24) is 14.0 Å². The van der Waals surface area contributed by atoms with Gasteiger partial charge in [0.25, 0.3) is 0 Å². The van der Waals surface area contributed by atoms with E-state index in [-0.39, 0.29) is 0 Å². The van der Waals surface area contributed by atoms with Crippen LogP contribution in [0.25, 0.3) is 16.8 Å². The van der Waals surface area contributed by atoms with Gasteiger partial charge in [-0.3, -0.25) is 4.40 Å². The molecule has 0 fully saturated rings. The Kier molecular flexibility index (Phi) is 1.94. The van der Waals surface area contributed by atoms with Gasteiger partial charge < -0.3 is 10.3 Å². The van der Waals surface area contributed by atoms with E-state index in [9.17, 15) is 0 Å². The summed E-state index contributed by atoms with van der Waals surface area (Å²) < 4.78 is 3.93. The molecule has 3 rings (SSSR count). The van der Waals surface area contributed by atoms with Crippen molar-refractivity contribution in [2.45, 2.75) is 6.54 Å². The maximum atomic E-state index is 8.91. The van der Waals surface area contributed by atoms with Gasteiger partial charge in [0.15, 0.2) is 0 Å². The minimum absolute atomic E-state index is 0.472. The fourth-order valence-corrected chi connectivity index (χ4v) is 2.07. The maximum absolute atomic E-state index is 8.91. The highest BCUT2D eigenvalue weighted by atomic mass is 15.2. The Morgan fingerprint density at radius 2 is 2.29 bits per heavy atom. The Bertz CT molecular complexity index is 756. The van der Waals surface area contributed by atoms with Crippen LogP contribution in [0.2, 0.25) is 0 Å². The molecule has 1 aromatic carbocycles. The second-order valence-electron chi connectivity index (χ2n) is 3.98. The summed E-state index contributed by atoms with van der Waals surface area (Å²) in [6.45, 7) is 0.472. The van der Waals surface area contributed by atoms with Crippen LogP contribution in [-0.2, 0) is 13.6 Å². The number of aromatic nitrogens is 3. The van der Waals surface area contributed by atoms with Crippen molar-refractivity contribution in [3.05, 3.63) is 35.7 Å². The van der Waals surface area contributed by atoms with E-state index in [1.807, 2.05) is 34.3 Å². The third-order valence-corrected chi connectivity index (χ3v) is 3.02. The largest absolute Gasteiger partial charge is 0.325 e. The Morgan fingerprint density at radius 3 is 3.00 bits per heavy atom. The zero-order valence-electron chi connectivity index (χ0n) is 9.38. The first-order valence-electron chi connectivity index (χ1n) is 5.31. The fraction of sp³-hybridized carbons (Fsp3) is 0.167. The van der Waals surface area contributed by atoms with Crippen LogP contribution in [0.1, 0.15) is 11.3 Å². The molecule has 3 aromatic rings. The standard InChI is InChI=1S/C12H11N5/c1-16-9(6-14)7-17-11-4-8(5-13)2-3-10(11)15-12(16)17/h2-4,7H,6,14H2,1H3. The molecule has 0 unspecified atom stereocenters. The second-order valence-corrected chi connectivity index (χ2v) is 3.98. The van der Waals surface area contributed by atoms with Crippen molar-refractivity contribution in [2.75, 3.05) is 0 Å². The molecule has 0 bridgehead atoms. The maximum Gasteiger partial charge on any atom is 0.214 e. The third kappa shape index (κ3) is 1.25. The molecular weight excluding hydrogens is 214 g/mol. The molecule has 0 radical (unpaired) electrons. The van der Waals surface area contributed by atoms with Crippen LogP contribution >= 0.6 is 0 Å². The summed E-state index contributed by atoms with van der Waals surface area (Å²) in [7, 11) is 1.94. The number of hydrogen-bond donors (Lipinski definition) is 1. The SMILES string of the molecule is Cn1c(CN)cn2c3cc(C#N)ccc3nc12. The molecule has 84 valence electrons. The monoisotopic (exact) mass is 225 g/mol. The number of nitrogens with zero attached hydrogens (tertiary/aromatic N) is 4. The molecule has 0 saturated carbocycles. The highest BCUT2D eigenvalue weighted by molar-refractivity contribution is 5.81. The molecule has 0 saturated heterocycles. The Morgan fingerprint density at radius 1 is 1.47 bits per heavy atom. The number of rotatable bonds is 1. The van der Waals surface area contributed by atoms with Gasteiger partial charge in [-0.1, -0.05) is 0 Å². The minimum Gasteiger partial charge on any atom is -0.325 e. The van der Waals surface area contributed by atoms with Gasteiger partial charge in [0.05, 0.1) is 28.4 Å². The molecule has 0 amide bonds. The van der Waals surface area contributed by atoms with Gasteiger partial charge in [0, 0.05) is 19.8 Å². The lowest BCUT2D eigenvalue weighted by Crippen LogP contribution is -2.02. The number of fused-ring (bicyclic) bond motifs is 3. The summed E-state index contributed by atoms with van der Waals surface area (Å²) >= 11 is 0. The summed E-state index contributed by atoms with van der Waals surface area (Å²) in [6, 6.07) is 7.62. The number of nitriles is 1. The number of benzene rings is 1. The second kappa shape index (κ2) is 3.34. The lowest BCUT2D eigenvalue weighted by atomic mass is 10.2. The van der Waals surface area contributed by atoms with Crippen LogP contribution in [0.15, 0.2) is 24.4 Å². The zero-order valence-corrected chi connectivity index (χ0v) is 9.38. The van der Waals surface area contributed by atoms with Gasteiger partial charge in [-0.25, -0.2) is 4.98 Å². The third-order valence-electron chi connectivity index (χ3n) is 3.02. The normalized spacial score (nSPS) is 11.1. The van der Waals surface area contributed by atoms with Gasteiger partial charge >= 0.3 is 0 Å². The quantitative estimate of drug-likeness (QED) is 0.675. The first-order chi connectivity index (χ1) is 8.24. The zero-order chi connectivity index (χ0) is 12.0. The lowest BCUT2D eigenvalue weighted by molar-refractivity contribution is 0.840. The Balaban J connectivity index is 2.44. The summed E-state index contributed by atoms with van der Waals surface area (Å²) in [5, 5.41) is 8.91. The Hall–Kier alpha value is -2.32. The van der Waals surface area contributed by atoms with E-state index in [1.54, 1.807) is 6.07 Å². The number of imidazole rings is 2. The molecule has 2 N–H and O–H groups in total. The minimum atomic E-state index is 0.472. The first kappa shape index (κ1) is 9.87. The smallest absolute Gasteiger partial charge is 0.214 e. The van der Waals surface area contributed by atoms with Crippen molar-refractivity contribution >= 4 is 16.8 Å². The summed E-state index contributed by atoms with van der Waals surface area (Å²) in [5.74, 6) is 0.843. The van der Waals surface area contributed by atoms with Crippen molar-refractivity contribution in [1.29, 1.82) is 5.26 Å². The van der Waals surface area contributed by atoms with E-state index in [0.29, 0.717) is 12.1 Å². The summed E-state index contributed by atoms with van der Waals surface area (Å²) in [4.78, 5) is 4.52. The van der Waals surface area contributed by atoms with E-state index >= 15 is 0 Å². The molecule has 5 heteroatoms. The van der Waals surface area contributed by atoms with Crippen molar-refractivity contribution in [3.63, 3.8) is 0 Å². The molecule has 0 aliphatic carbocycles. The predicted octanol–water partition coefficient (Wildman–Crippen LogP) is 1.16. The Labute approximate surface area is 97.7 Å². The summed E-state index contributed by atoms with van der Waals surface area (Å²) in [5.41, 5.74) is 9.13. The van der Waals surface area contributed by atoms with Crippen LogP contribution in [0.4, 0.5) is 0 Å². The van der Waals surface area contributed by atoms with E-state index in [0.717, 1.165) is 22.5 Å². The van der Waals surface area contributed by atoms with Gasteiger partial charge in [-0.05, 0) is 18.2 Å². The van der Waals surface area contributed by atoms with E-state index < -0.39 is 0 Å². The summed E-state index contributed by atoms with van der Waals surface area (Å²) in [6.07, 6.45) is 1.96. The topological polar surface area (TPSA) is 72.0 Å². The van der Waals surface area contributed by atoms with E-state index in [1.165, 1.54) is 0 Å². The highest BCUT2D eigenvalue weighted by Crippen LogP contribution is 2.19. The average Bonchev–Trinajstić information content (AvgIpc) is 2.86. The molecule has 2 heterocycles. The average molecular weight is 225 g/mol. The van der Waals surface area contributed by atoms with Gasteiger partial charge in [-0.2, -0.15) is 5.26 Å². The number of hydrogen-bond acceptors (Lipinski definition) is 3. The molecule has 5 nitrogen and oxygen atoms in total. The molecule has 0 aliphatic heterocycles. The van der Waals surface area contributed by atoms with Gasteiger partial charge in [-0.15, -0.1) is 0 Å². The predicted molar refractivity (Wildman–Crippen MR) is 64.3 cm³/mol. The lowest BCUT2D eigenvalue weighted by Gasteiger charge is -1.95. The highest BCUT2D eigenvalue weighted by Gasteiger charge is 2.11. The van der Waals surface area contributed by atoms with Crippen molar-refractivity contribution in [3.8, 4) is 6.07 Å². The molecule has 0 atom stereocenters. The van der Waals surface area contributed by atoms with Crippen molar-refractivity contribution in [2.24, 2.45) is 12.8 Å². The molecule has 17 heavy (non-hydrogen) atoms. The molecule has 0 aliphatic rings. The van der Waals surface area contributed by atoms with Crippen LogP contribution in [-0.4, -0.2) is 14.0 Å². The number of aryl methyl sites for hydroxylation is 1. The van der Waals surface area contributed by atoms with Crippen LogP contribution in [0.5, 0.6) is 0 Å². The van der Waals surface area contributed by atoms with Crippen molar-refractivity contribution < 1.29 is 0 Å². The molecule has 2 aromatic heterocycles. The van der Waals surface area contributed by atoms with E-state index in [4.69, 9.17) is 11.0 Å². The van der Waals surface area contributed by atoms with Crippen LogP contribution in [0.3, 0.4) is 0 Å². The molecule has 0 spiro atoms. The van der Waals surface area contributed by atoms with Crippen LogP contribution < -0.4 is 5.73 Å².